The summed E-state index contributed by atoms with van der Waals surface area (Å²) in [6.07, 6.45) is 0.697. The predicted molar refractivity (Wildman–Crippen MR) is 102 cm³/mol. The maximum absolute atomic E-state index is 13.0. The van der Waals surface area contributed by atoms with Crippen LogP contribution in [-0.2, 0) is 16.0 Å². The van der Waals surface area contributed by atoms with Crippen molar-refractivity contribution in [1.29, 1.82) is 0 Å². The number of thiazole rings is 1. The van der Waals surface area contributed by atoms with Gasteiger partial charge < -0.3 is 19.1 Å². The largest absolute Gasteiger partial charge is 0.497 e. The third-order valence-corrected chi connectivity index (χ3v) is 4.58. The summed E-state index contributed by atoms with van der Waals surface area (Å²) in [7, 11) is 3.19. The van der Waals surface area contributed by atoms with Gasteiger partial charge in [0.25, 0.3) is 5.91 Å². The summed E-state index contributed by atoms with van der Waals surface area (Å²) < 4.78 is 15.3. The molecule has 0 radical (unpaired) electrons. The van der Waals surface area contributed by atoms with E-state index in [1.54, 1.807) is 55.7 Å². The molecule has 0 atom stereocenters. The summed E-state index contributed by atoms with van der Waals surface area (Å²) in [4.78, 5) is 30.8. The normalized spacial score (nSPS) is 10.5. The number of hydrogen-bond donors (Lipinski definition) is 0. The molecular formula is C19H24N2O5S. The van der Waals surface area contributed by atoms with E-state index in [9.17, 15) is 9.59 Å². The molecule has 146 valence electrons. The quantitative estimate of drug-likeness (QED) is 0.457. The minimum Gasteiger partial charge on any atom is -0.497 e. The molecule has 0 aliphatic carbocycles. The molecule has 1 heterocycles. The van der Waals surface area contributed by atoms with Crippen LogP contribution in [-0.4, -0.2) is 55.7 Å². The molecule has 8 heteroatoms. The van der Waals surface area contributed by atoms with Crippen LogP contribution in [0.4, 0.5) is 0 Å². The average molecular weight is 392 g/mol. The topological polar surface area (TPSA) is 78.0 Å². The summed E-state index contributed by atoms with van der Waals surface area (Å²) >= 11 is 1.33. The van der Waals surface area contributed by atoms with Crippen molar-refractivity contribution in [1.82, 2.24) is 9.88 Å². The lowest BCUT2D eigenvalue weighted by Gasteiger charge is -2.22. The molecule has 2 aromatic rings. The highest BCUT2D eigenvalue weighted by molar-refractivity contribution is 7.09. The van der Waals surface area contributed by atoms with Gasteiger partial charge in [-0.3, -0.25) is 4.79 Å². The van der Waals surface area contributed by atoms with Gasteiger partial charge in [0.2, 0.25) is 0 Å². The standard InChI is InChI=1S/C19H24N2O5S/c1-4-26-19(23)16-13-27-17(20-16)12-21(9-6-10-24-2)18(22)14-7-5-8-15(11-14)25-3/h5,7-8,11,13H,4,6,9-10,12H2,1-3H3. The lowest BCUT2D eigenvalue weighted by Crippen LogP contribution is -2.32. The Hall–Kier alpha value is -2.45. The first-order valence-electron chi connectivity index (χ1n) is 8.62. The highest BCUT2D eigenvalue weighted by Crippen LogP contribution is 2.18. The van der Waals surface area contributed by atoms with Gasteiger partial charge in [-0.25, -0.2) is 9.78 Å². The Bertz CT molecular complexity index is 762. The molecule has 0 unspecified atom stereocenters. The third kappa shape index (κ3) is 6.04. The summed E-state index contributed by atoms with van der Waals surface area (Å²) in [6.45, 7) is 3.41. The zero-order chi connectivity index (χ0) is 19.6. The van der Waals surface area contributed by atoms with E-state index in [0.717, 1.165) is 0 Å². The number of amides is 1. The zero-order valence-electron chi connectivity index (χ0n) is 15.8. The lowest BCUT2D eigenvalue weighted by atomic mass is 10.2. The first kappa shape index (κ1) is 20.9. The highest BCUT2D eigenvalue weighted by Gasteiger charge is 2.19. The molecule has 0 aliphatic rings. The van der Waals surface area contributed by atoms with E-state index in [4.69, 9.17) is 14.2 Å². The number of hydrogen-bond acceptors (Lipinski definition) is 7. The second-order valence-corrected chi connectivity index (χ2v) is 6.59. The minimum absolute atomic E-state index is 0.127. The van der Waals surface area contributed by atoms with Crippen molar-refractivity contribution < 1.29 is 23.8 Å². The number of nitrogens with zero attached hydrogens (tertiary/aromatic N) is 2. The Morgan fingerprint density at radius 1 is 1.26 bits per heavy atom. The smallest absolute Gasteiger partial charge is 0.357 e. The van der Waals surface area contributed by atoms with E-state index in [-0.39, 0.29) is 11.6 Å². The molecule has 27 heavy (non-hydrogen) atoms. The SMILES string of the molecule is CCOC(=O)c1csc(CN(CCCOC)C(=O)c2cccc(OC)c2)n1. The molecule has 0 bridgehead atoms. The fourth-order valence-electron chi connectivity index (χ4n) is 2.44. The van der Waals surface area contributed by atoms with E-state index in [2.05, 4.69) is 4.98 Å². The maximum Gasteiger partial charge on any atom is 0.357 e. The van der Waals surface area contributed by atoms with Crippen molar-refractivity contribution in [2.45, 2.75) is 19.9 Å². The monoisotopic (exact) mass is 392 g/mol. The van der Waals surface area contributed by atoms with Crippen LogP contribution in [0, 0.1) is 0 Å². The molecule has 1 amide bonds. The highest BCUT2D eigenvalue weighted by atomic mass is 32.1. The van der Waals surface area contributed by atoms with Crippen LogP contribution in [0.15, 0.2) is 29.6 Å². The summed E-state index contributed by atoms with van der Waals surface area (Å²) in [6, 6.07) is 7.03. The van der Waals surface area contributed by atoms with Crippen LogP contribution in [0.2, 0.25) is 0 Å². The molecule has 0 fully saturated rings. The Kier molecular flexibility index (Phi) is 8.22. The second-order valence-electron chi connectivity index (χ2n) is 5.65. The van der Waals surface area contributed by atoms with Gasteiger partial charge in [-0.1, -0.05) is 6.07 Å². The number of carbonyl (C=O) groups excluding carboxylic acids is 2. The molecule has 0 saturated carbocycles. The van der Waals surface area contributed by atoms with E-state index in [1.807, 2.05) is 0 Å². The fourth-order valence-corrected chi connectivity index (χ4v) is 3.21. The maximum atomic E-state index is 13.0. The Labute approximate surface area is 162 Å². The Balaban J connectivity index is 2.15. The first-order chi connectivity index (χ1) is 13.1. The molecule has 0 saturated heterocycles. The molecule has 1 aromatic heterocycles. The number of aromatic nitrogens is 1. The van der Waals surface area contributed by atoms with Gasteiger partial charge in [-0.15, -0.1) is 11.3 Å². The number of rotatable bonds is 10. The third-order valence-electron chi connectivity index (χ3n) is 3.74. The van der Waals surface area contributed by atoms with Gasteiger partial charge in [0.05, 0.1) is 20.3 Å². The van der Waals surface area contributed by atoms with Gasteiger partial charge in [0.1, 0.15) is 10.8 Å². The van der Waals surface area contributed by atoms with E-state index < -0.39 is 5.97 Å². The van der Waals surface area contributed by atoms with Crippen LogP contribution >= 0.6 is 11.3 Å². The van der Waals surface area contributed by atoms with Gasteiger partial charge in [-0.2, -0.15) is 0 Å². The van der Waals surface area contributed by atoms with Crippen molar-refractivity contribution >= 4 is 23.2 Å². The van der Waals surface area contributed by atoms with Gasteiger partial charge in [-0.05, 0) is 31.5 Å². The van der Waals surface area contributed by atoms with Gasteiger partial charge >= 0.3 is 5.97 Å². The zero-order valence-corrected chi connectivity index (χ0v) is 16.6. The van der Waals surface area contributed by atoms with Crippen molar-refractivity contribution in [3.63, 3.8) is 0 Å². The minimum atomic E-state index is -0.454. The summed E-state index contributed by atoms with van der Waals surface area (Å²) in [5.41, 5.74) is 0.802. The lowest BCUT2D eigenvalue weighted by molar-refractivity contribution is 0.0520. The Morgan fingerprint density at radius 3 is 2.78 bits per heavy atom. The predicted octanol–water partition coefficient (Wildman–Crippen LogP) is 3.01. The van der Waals surface area contributed by atoms with Crippen molar-refractivity contribution in [3.8, 4) is 5.75 Å². The number of ether oxygens (including phenoxy) is 3. The van der Waals surface area contributed by atoms with Crippen LogP contribution in [0.3, 0.4) is 0 Å². The molecule has 0 spiro atoms. The van der Waals surface area contributed by atoms with Crippen molar-refractivity contribution in [2.24, 2.45) is 0 Å². The van der Waals surface area contributed by atoms with Gasteiger partial charge in [0, 0.05) is 31.2 Å². The van der Waals surface area contributed by atoms with E-state index >= 15 is 0 Å². The fraction of sp³-hybridized carbons (Fsp3) is 0.421. The van der Waals surface area contributed by atoms with Crippen LogP contribution < -0.4 is 4.74 Å². The molecule has 0 aliphatic heterocycles. The molecule has 2 rings (SSSR count). The Morgan fingerprint density at radius 2 is 2.07 bits per heavy atom. The van der Waals surface area contributed by atoms with E-state index in [1.165, 1.54) is 11.3 Å². The summed E-state index contributed by atoms with van der Waals surface area (Å²) in [5, 5.41) is 2.32. The molecule has 7 nitrogen and oxygen atoms in total. The number of methoxy groups -OCH3 is 2. The van der Waals surface area contributed by atoms with Crippen molar-refractivity contribution in [2.75, 3.05) is 34.0 Å². The van der Waals surface area contributed by atoms with Crippen LogP contribution in [0.25, 0.3) is 0 Å². The molecule has 0 N–H and O–H groups in total. The van der Waals surface area contributed by atoms with Gasteiger partial charge in [0.15, 0.2) is 5.69 Å². The average Bonchev–Trinajstić information content (AvgIpc) is 3.16. The number of benzene rings is 1. The summed E-state index contributed by atoms with van der Waals surface area (Å²) in [5.74, 6) is 0.0412. The van der Waals surface area contributed by atoms with Crippen LogP contribution in [0.5, 0.6) is 5.75 Å². The first-order valence-corrected chi connectivity index (χ1v) is 9.50. The molecular weight excluding hydrogens is 368 g/mol. The second kappa shape index (κ2) is 10.6. The van der Waals surface area contributed by atoms with E-state index in [0.29, 0.717) is 49.0 Å². The van der Waals surface area contributed by atoms with Crippen LogP contribution in [0.1, 0.15) is 39.2 Å². The molecule has 1 aromatic carbocycles. The number of esters is 1. The van der Waals surface area contributed by atoms with Crippen molar-refractivity contribution in [3.05, 3.63) is 45.9 Å². The number of carbonyl (C=O) groups is 2.